The predicted molar refractivity (Wildman–Crippen MR) is 95.1 cm³/mol. The molecule has 0 saturated heterocycles. The van der Waals surface area contributed by atoms with Gasteiger partial charge in [-0.2, -0.15) is 5.26 Å². The van der Waals surface area contributed by atoms with Gasteiger partial charge in [0.2, 0.25) is 0 Å². The maximum absolute atomic E-state index is 9.47. The number of thiazole rings is 2. The van der Waals surface area contributed by atoms with Crippen molar-refractivity contribution < 1.29 is 0 Å². The Morgan fingerprint density at radius 1 is 1.13 bits per heavy atom. The number of rotatable bonds is 4. The molecule has 1 fully saturated rings. The van der Waals surface area contributed by atoms with Crippen LogP contribution in [0.1, 0.15) is 34.5 Å². The van der Waals surface area contributed by atoms with E-state index in [1.807, 2.05) is 47.2 Å². The lowest BCUT2D eigenvalue weighted by Crippen LogP contribution is -1.83. The Bertz CT molecular complexity index is 896. The predicted octanol–water partition coefficient (Wildman–Crippen LogP) is 5.21. The van der Waals surface area contributed by atoms with E-state index in [2.05, 4.69) is 16.0 Å². The van der Waals surface area contributed by atoms with Crippen LogP contribution in [0.25, 0.3) is 22.9 Å². The Balaban J connectivity index is 1.63. The molecular weight excluding hydrogens is 322 g/mol. The molecule has 0 N–H and O–H groups in total. The third-order valence-corrected chi connectivity index (χ3v) is 5.58. The summed E-state index contributed by atoms with van der Waals surface area (Å²) in [5.41, 5.74) is 3.41. The van der Waals surface area contributed by atoms with Crippen LogP contribution in [0.4, 0.5) is 0 Å². The fraction of sp³-hybridized carbons (Fsp3) is 0.167. The summed E-state index contributed by atoms with van der Waals surface area (Å²) in [5.74, 6) is 0.650. The summed E-state index contributed by atoms with van der Waals surface area (Å²) in [4.78, 5) is 9.22. The van der Waals surface area contributed by atoms with E-state index in [1.165, 1.54) is 29.2 Å². The molecule has 112 valence electrons. The van der Waals surface area contributed by atoms with Crippen LogP contribution in [0.5, 0.6) is 0 Å². The van der Waals surface area contributed by atoms with Crippen LogP contribution >= 0.6 is 22.7 Å². The van der Waals surface area contributed by atoms with Crippen LogP contribution in [-0.2, 0) is 0 Å². The zero-order valence-electron chi connectivity index (χ0n) is 12.3. The molecule has 1 aliphatic rings. The van der Waals surface area contributed by atoms with Crippen LogP contribution in [0.2, 0.25) is 0 Å². The van der Waals surface area contributed by atoms with E-state index < -0.39 is 0 Å². The fourth-order valence-electron chi connectivity index (χ4n) is 2.31. The number of allylic oxidation sites excluding steroid dienone is 1. The molecule has 5 heteroatoms. The van der Waals surface area contributed by atoms with Crippen molar-refractivity contribution in [3.05, 3.63) is 56.8 Å². The average Bonchev–Trinajstić information content (AvgIpc) is 3.14. The highest BCUT2D eigenvalue weighted by atomic mass is 32.1. The molecule has 2 heterocycles. The average molecular weight is 335 g/mol. The molecule has 0 aliphatic heterocycles. The zero-order valence-corrected chi connectivity index (χ0v) is 13.9. The second-order valence-electron chi connectivity index (χ2n) is 5.46. The molecule has 0 unspecified atom stereocenters. The van der Waals surface area contributed by atoms with Crippen molar-refractivity contribution in [2.24, 2.45) is 0 Å². The van der Waals surface area contributed by atoms with E-state index in [0.29, 0.717) is 11.5 Å². The van der Waals surface area contributed by atoms with Crippen LogP contribution in [0, 0.1) is 11.3 Å². The molecule has 0 bridgehead atoms. The van der Waals surface area contributed by atoms with Gasteiger partial charge in [-0.3, -0.25) is 0 Å². The van der Waals surface area contributed by atoms with Gasteiger partial charge in [-0.25, -0.2) is 9.97 Å². The molecule has 3 nitrogen and oxygen atoms in total. The minimum Gasteiger partial charge on any atom is -0.242 e. The van der Waals surface area contributed by atoms with Gasteiger partial charge in [0, 0.05) is 22.2 Å². The maximum Gasteiger partial charge on any atom is 0.134 e. The van der Waals surface area contributed by atoms with Crippen LogP contribution < -0.4 is 0 Å². The lowest BCUT2D eigenvalue weighted by atomic mass is 10.2. The van der Waals surface area contributed by atoms with E-state index >= 15 is 0 Å². The largest absolute Gasteiger partial charge is 0.242 e. The first-order valence-electron chi connectivity index (χ1n) is 7.42. The Hall–Kier alpha value is -2.29. The highest BCUT2D eigenvalue weighted by molar-refractivity contribution is 7.11. The van der Waals surface area contributed by atoms with Crippen molar-refractivity contribution in [2.75, 3.05) is 0 Å². The third-order valence-electron chi connectivity index (χ3n) is 3.68. The number of hydrogen-bond donors (Lipinski definition) is 0. The van der Waals surface area contributed by atoms with Crippen molar-refractivity contribution in [3.63, 3.8) is 0 Å². The maximum atomic E-state index is 9.47. The van der Waals surface area contributed by atoms with Gasteiger partial charge >= 0.3 is 0 Å². The summed E-state index contributed by atoms with van der Waals surface area (Å²) in [6, 6.07) is 12.3. The number of benzene rings is 1. The lowest BCUT2D eigenvalue weighted by molar-refractivity contribution is 1.08. The van der Waals surface area contributed by atoms with Crippen LogP contribution in [0.3, 0.4) is 0 Å². The quantitative estimate of drug-likeness (QED) is 0.615. The smallest absolute Gasteiger partial charge is 0.134 e. The molecule has 0 amide bonds. The molecule has 1 aromatic carbocycles. The minimum absolute atomic E-state index is 0.574. The molecular formula is C18H13N3S2. The van der Waals surface area contributed by atoms with Crippen molar-refractivity contribution in [2.45, 2.75) is 18.8 Å². The fourth-order valence-corrected chi connectivity index (χ4v) is 4.06. The molecule has 23 heavy (non-hydrogen) atoms. The monoisotopic (exact) mass is 335 g/mol. The van der Waals surface area contributed by atoms with E-state index in [0.717, 1.165) is 22.0 Å². The highest BCUT2D eigenvalue weighted by Gasteiger charge is 2.26. The molecule has 0 spiro atoms. The molecule has 4 rings (SSSR count). The van der Waals surface area contributed by atoms with E-state index in [4.69, 9.17) is 0 Å². The topological polar surface area (TPSA) is 49.6 Å². The van der Waals surface area contributed by atoms with E-state index in [1.54, 1.807) is 11.3 Å². The van der Waals surface area contributed by atoms with Gasteiger partial charge in [0.1, 0.15) is 11.1 Å². The van der Waals surface area contributed by atoms with Crippen LogP contribution in [-0.4, -0.2) is 9.97 Å². The number of nitriles is 1. The lowest BCUT2D eigenvalue weighted by Gasteiger charge is -1.95. The van der Waals surface area contributed by atoms with Crippen molar-refractivity contribution in [1.82, 2.24) is 9.97 Å². The van der Waals surface area contributed by atoms with Crippen molar-refractivity contribution >= 4 is 34.3 Å². The summed E-state index contributed by atoms with van der Waals surface area (Å²) < 4.78 is 0. The molecule has 2 aromatic heterocycles. The van der Waals surface area contributed by atoms with Gasteiger partial charge in [0.25, 0.3) is 0 Å². The van der Waals surface area contributed by atoms with Crippen molar-refractivity contribution in [3.8, 4) is 17.3 Å². The van der Waals surface area contributed by atoms with Gasteiger partial charge < -0.3 is 0 Å². The van der Waals surface area contributed by atoms with Gasteiger partial charge in [0.05, 0.1) is 22.0 Å². The number of nitrogens with zero attached hydrogens (tertiary/aromatic N) is 3. The SMILES string of the molecule is N#C/C(=C/c1csc(C2CC2)n1)c1nc(-c2ccccc2)cs1. The molecule has 0 radical (unpaired) electrons. The first-order valence-corrected chi connectivity index (χ1v) is 9.18. The van der Waals surface area contributed by atoms with Gasteiger partial charge in [-0.05, 0) is 18.9 Å². The van der Waals surface area contributed by atoms with Crippen molar-refractivity contribution in [1.29, 1.82) is 5.26 Å². The molecule has 1 aliphatic carbocycles. The van der Waals surface area contributed by atoms with E-state index in [-0.39, 0.29) is 0 Å². The number of hydrogen-bond acceptors (Lipinski definition) is 5. The second-order valence-corrected chi connectivity index (χ2v) is 7.21. The van der Waals surface area contributed by atoms with Crippen LogP contribution in [0.15, 0.2) is 41.1 Å². The molecule has 1 saturated carbocycles. The minimum atomic E-state index is 0.574. The third kappa shape index (κ3) is 3.09. The standard InChI is InChI=1S/C18H13N3S2/c19-9-14(8-15-10-22-17(20-15)13-6-7-13)18-21-16(11-23-18)12-4-2-1-3-5-12/h1-5,8,10-11,13H,6-7H2/b14-8-. The Kier molecular flexibility index (Phi) is 3.78. The second kappa shape index (κ2) is 6.07. The Morgan fingerprint density at radius 2 is 1.96 bits per heavy atom. The molecule has 3 aromatic rings. The summed E-state index contributed by atoms with van der Waals surface area (Å²) >= 11 is 3.18. The highest BCUT2D eigenvalue weighted by Crippen LogP contribution is 2.41. The first-order chi connectivity index (χ1) is 11.3. The summed E-state index contributed by atoms with van der Waals surface area (Å²) in [6.45, 7) is 0. The summed E-state index contributed by atoms with van der Waals surface area (Å²) in [5, 5.41) is 15.4. The molecule has 0 atom stereocenters. The van der Waals surface area contributed by atoms with Gasteiger partial charge in [-0.15, -0.1) is 22.7 Å². The normalized spacial score (nSPS) is 14.7. The Morgan fingerprint density at radius 3 is 2.70 bits per heavy atom. The summed E-state index contributed by atoms with van der Waals surface area (Å²) in [7, 11) is 0. The van der Waals surface area contributed by atoms with E-state index in [9.17, 15) is 5.26 Å². The first kappa shape index (κ1) is 14.3. The summed E-state index contributed by atoms with van der Waals surface area (Å²) in [6.07, 6.45) is 4.33. The van der Waals surface area contributed by atoms with Gasteiger partial charge in [-0.1, -0.05) is 30.3 Å². The zero-order chi connectivity index (χ0) is 15.6. The van der Waals surface area contributed by atoms with Gasteiger partial charge in [0.15, 0.2) is 0 Å². The number of aromatic nitrogens is 2. The Labute approximate surface area is 142 Å².